The van der Waals surface area contributed by atoms with Crippen LogP contribution in [0.25, 0.3) is 0 Å². The van der Waals surface area contributed by atoms with Gasteiger partial charge in [-0.2, -0.15) is 0 Å². The minimum absolute atomic E-state index is 0.0139. The predicted octanol–water partition coefficient (Wildman–Crippen LogP) is 3.06. The molecule has 1 heterocycles. The lowest BCUT2D eigenvalue weighted by Crippen LogP contribution is -2.25. The van der Waals surface area contributed by atoms with Gasteiger partial charge < -0.3 is 10.4 Å². The van der Waals surface area contributed by atoms with Crippen molar-refractivity contribution in [3.05, 3.63) is 16.1 Å². The number of aromatic carboxylic acids is 1. The lowest BCUT2D eigenvalue weighted by Gasteiger charge is -2.13. The van der Waals surface area contributed by atoms with Gasteiger partial charge in [-0.1, -0.05) is 33.1 Å². The number of carbonyl (C=O) groups excluding carboxylic acids is 1. The van der Waals surface area contributed by atoms with Crippen molar-refractivity contribution in [1.29, 1.82) is 0 Å². The number of unbranched alkanes of at least 4 members (excludes halogenated alkanes) is 1. The molecule has 0 saturated heterocycles. The third kappa shape index (κ3) is 5.69. The molecule has 0 fully saturated rings. The molecule has 0 aliphatic rings. The van der Waals surface area contributed by atoms with Crippen LogP contribution >= 0.6 is 11.3 Å². The Morgan fingerprint density at radius 3 is 2.75 bits per heavy atom. The predicted molar refractivity (Wildman–Crippen MR) is 78.8 cm³/mol. The molecular weight excluding hydrogens is 276 g/mol. The lowest BCUT2D eigenvalue weighted by molar-refractivity contribution is -0.122. The number of rotatable bonds is 9. The van der Waals surface area contributed by atoms with Crippen LogP contribution in [-0.2, 0) is 11.3 Å². The number of amides is 1. The fourth-order valence-electron chi connectivity index (χ4n) is 1.94. The van der Waals surface area contributed by atoms with Gasteiger partial charge in [-0.15, -0.1) is 11.3 Å². The van der Waals surface area contributed by atoms with E-state index in [1.54, 1.807) is 0 Å². The van der Waals surface area contributed by atoms with Gasteiger partial charge in [0.2, 0.25) is 5.91 Å². The number of nitrogens with one attached hydrogen (secondary N) is 1. The Labute approximate surface area is 123 Å². The average Bonchev–Trinajstić information content (AvgIpc) is 2.90. The highest BCUT2D eigenvalue weighted by molar-refractivity contribution is 7.09. The molecule has 0 aliphatic carbocycles. The summed E-state index contributed by atoms with van der Waals surface area (Å²) in [4.78, 5) is 26.5. The maximum Gasteiger partial charge on any atom is 0.355 e. The highest BCUT2D eigenvalue weighted by Crippen LogP contribution is 2.16. The van der Waals surface area contributed by atoms with Gasteiger partial charge >= 0.3 is 5.97 Å². The molecule has 1 unspecified atom stereocenters. The fourth-order valence-corrected chi connectivity index (χ4v) is 2.65. The summed E-state index contributed by atoms with van der Waals surface area (Å²) in [5.41, 5.74) is 0.0358. The van der Waals surface area contributed by atoms with Crippen LogP contribution in [-0.4, -0.2) is 22.0 Å². The molecule has 20 heavy (non-hydrogen) atoms. The van der Waals surface area contributed by atoms with Gasteiger partial charge in [0.15, 0.2) is 5.69 Å². The first-order valence-electron chi connectivity index (χ1n) is 7.01. The quantitative estimate of drug-likeness (QED) is 0.734. The van der Waals surface area contributed by atoms with Crippen LogP contribution in [0.3, 0.4) is 0 Å². The van der Waals surface area contributed by atoms with E-state index in [0.717, 1.165) is 25.7 Å². The van der Waals surface area contributed by atoms with Gasteiger partial charge in [-0.05, 0) is 12.3 Å². The van der Waals surface area contributed by atoms with E-state index in [4.69, 9.17) is 5.11 Å². The molecule has 1 aromatic heterocycles. The Balaban J connectivity index is 2.36. The summed E-state index contributed by atoms with van der Waals surface area (Å²) in [6.07, 6.45) is 4.93. The Morgan fingerprint density at radius 2 is 2.20 bits per heavy atom. The van der Waals surface area contributed by atoms with Crippen molar-refractivity contribution < 1.29 is 14.7 Å². The van der Waals surface area contributed by atoms with E-state index >= 15 is 0 Å². The van der Waals surface area contributed by atoms with Crippen molar-refractivity contribution in [2.45, 2.75) is 52.5 Å². The molecule has 0 spiro atoms. The minimum Gasteiger partial charge on any atom is -0.476 e. The van der Waals surface area contributed by atoms with Crippen LogP contribution in [0.15, 0.2) is 5.38 Å². The van der Waals surface area contributed by atoms with Crippen LogP contribution in [0.5, 0.6) is 0 Å². The second kappa shape index (κ2) is 8.68. The van der Waals surface area contributed by atoms with E-state index < -0.39 is 5.97 Å². The molecule has 0 aliphatic heterocycles. The average molecular weight is 298 g/mol. The molecule has 6 heteroatoms. The number of carbonyl (C=O) groups is 2. The summed E-state index contributed by atoms with van der Waals surface area (Å²) >= 11 is 1.25. The van der Waals surface area contributed by atoms with Gasteiger partial charge in [0.25, 0.3) is 0 Å². The molecule has 0 bridgehead atoms. The number of hydrogen-bond donors (Lipinski definition) is 2. The number of carboxylic acids is 1. The van der Waals surface area contributed by atoms with E-state index in [9.17, 15) is 9.59 Å². The van der Waals surface area contributed by atoms with Crippen molar-refractivity contribution in [1.82, 2.24) is 10.3 Å². The molecule has 0 saturated carbocycles. The summed E-state index contributed by atoms with van der Waals surface area (Å²) in [6.45, 7) is 4.56. The van der Waals surface area contributed by atoms with Gasteiger partial charge in [-0.25, -0.2) is 9.78 Å². The van der Waals surface area contributed by atoms with Gasteiger partial charge in [-0.3, -0.25) is 4.79 Å². The zero-order chi connectivity index (χ0) is 15.0. The topological polar surface area (TPSA) is 79.3 Å². The molecule has 1 aromatic rings. The Kier molecular flexibility index (Phi) is 7.22. The molecule has 1 atom stereocenters. The van der Waals surface area contributed by atoms with Crippen molar-refractivity contribution in [3.8, 4) is 0 Å². The Hall–Kier alpha value is -1.43. The SMILES string of the molecule is CCCCC(CC)CC(=O)NCc1nc(C(=O)O)cs1. The summed E-state index contributed by atoms with van der Waals surface area (Å²) in [5.74, 6) is -0.592. The van der Waals surface area contributed by atoms with Gasteiger partial charge in [0, 0.05) is 11.8 Å². The third-order valence-corrected chi connectivity index (χ3v) is 4.07. The first kappa shape index (κ1) is 16.6. The first-order valence-corrected chi connectivity index (χ1v) is 7.89. The molecular formula is C14H22N2O3S. The monoisotopic (exact) mass is 298 g/mol. The molecule has 2 N–H and O–H groups in total. The zero-order valence-electron chi connectivity index (χ0n) is 12.0. The van der Waals surface area contributed by atoms with Crippen LogP contribution in [0, 0.1) is 5.92 Å². The van der Waals surface area contributed by atoms with Crippen LogP contribution in [0.1, 0.15) is 61.4 Å². The summed E-state index contributed by atoms with van der Waals surface area (Å²) in [6, 6.07) is 0. The van der Waals surface area contributed by atoms with Crippen LogP contribution in [0.2, 0.25) is 0 Å². The fraction of sp³-hybridized carbons (Fsp3) is 0.643. The summed E-state index contributed by atoms with van der Waals surface area (Å²) < 4.78 is 0. The molecule has 1 rings (SSSR count). The second-order valence-corrected chi connectivity index (χ2v) is 5.77. The maximum absolute atomic E-state index is 11.8. The standard InChI is InChI=1S/C14H22N2O3S/c1-3-5-6-10(4-2)7-12(17)15-8-13-16-11(9-20-13)14(18)19/h9-10H,3-8H2,1-2H3,(H,15,17)(H,18,19). The smallest absolute Gasteiger partial charge is 0.355 e. The largest absolute Gasteiger partial charge is 0.476 e. The van der Waals surface area contributed by atoms with E-state index in [-0.39, 0.29) is 11.6 Å². The van der Waals surface area contributed by atoms with E-state index in [0.29, 0.717) is 23.9 Å². The normalized spacial score (nSPS) is 12.1. The highest BCUT2D eigenvalue weighted by Gasteiger charge is 2.13. The van der Waals surface area contributed by atoms with Gasteiger partial charge in [0.05, 0.1) is 6.54 Å². The van der Waals surface area contributed by atoms with Crippen molar-refractivity contribution in [2.24, 2.45) is 5.92 Å². The van der Waals surface area contributed by atoms with Crippen molar-refractivity contribution >= 4 is 23.2 Å². The first-order chi connectivity index (χ1) is 9.56. The van der Waals surface area contributed by atoms with Crippen LogP contribution in [0.4, 0.5) is 0 Å². The highest BCUT2D eigenvalue weighted by atomic mass is 32.1. The van der Waals surface area contributed by atoms with Crippen LogP contribution < -0.4 is 5.32 Å². The number of thiazole rings is 1. The molecule has 0 radical (unpaired) electrons. The Bertz CT molecular complexity index is 445. The number of nitrogens with zero attached hydrogens (tertiary/aromatic N) is 1. The summed E-state index contributed by atoms with van der Waals surface area (Å²) in [7, 11) is 0. The number of carboxylic acid groups (broad SMARTS) is 1. The minimum atomic E-state index is -1.04. The van der Waals surface area contributed by atoms with E-state index in [1.807, 2.05) is 0 Å². The van der Waals surface area contributed by atoms with Crippen molar-refractivity contribution in [3.63, 3.8) is 0 Å². The Morgan fingerprint density at radius 1 is 1.45 bits per heavy atom. The molecule has 1 amide bonds. The molecule has 112 valence electrons. The molecule has 0 aromatic carbocycles. The maximum atomic E-state index is 11.8. The second-order valence-electron chi connectivity index (χ2n) is 4.83. The number of aromatic nitrogens is 1. The van der Waals surface area contributed by atoms with Gasteiger partial charge in [0.1, 0.15) is 5.01 Å². The van der Waals surface area contributed by atoms with E-state index in [1.165, 1.54) is 16.7 Å². The lowest BCUT2D eigenvalue weighted by atomic mass is 9.95. The third-order valence-electron chi connectivity index (χ3n) is 3.22. The summed E-state index contributed by atoms with van der Waals surface area (Å²) in [5, 5.41) is 13.7. The zero-order valence-corrected chi connectivity index (χ0v) is 12.8. The number of hydrogen-bond acceptors (Lipinski definition) is 4. The van der Waals surface area contributed by atoms with Crippen molar-refractivity contribution in [2.75, 3.05) is 0 Å². The molecule has 5 nitrogen and oxygen atoms in total. The van der Waals surface area contributed by atoms with E-state index in [2.05, 4.69) is 24.1 Å².